The molecular weight excluding hydrogens is 426 g/mol. The number of thioether (sulfide) groups is 1. The standard InChI is InChI=1S/C23H21N5O3S/c1-16(29)17-9-11-18(12-10-17)24-21(30)15-32-23-26-25-22(28(23)27-13-5-6-14-27)19-7-3-4-8-20(19)31-2/h3-14H,15H2,1-2H3,(H,24,30). The number of ether oxygens (including phenoxy) is 1. The number of Topliss-reactive ketones (excluding diaryl/α,β-unsaturated/α-hetero) is 1. The van der Waals surface area contributed by atoms with Crippen molar-refractivity contribution in [2.24, 2.45) is 0 Å². The van der Waals surface area contributed by atoms with Gasteiger partial charge in [-0.25, -0.2) is 4.68 Å². The molecule has 0 spiro atoms. The van der Waals surface area contributed by atoms with Crippen LogP contribution in [0, 0.1) is 0 Å². The summed E-state index contributed by atoms with van der Waals surface area (Å²) in [4.78, 5) is 23.9. The second-order valence-corrected chi connectivity index (χ2v) is 7.79. The molecule has 1 N–H and O–H groups in total. The van der Waals surface area contributed by atoms with Gasteiger partial charge in [-0.1, -0.05) is 23.9 Å². The monoisotopic (exact) mass is 447 g/mol. The molecule has 8 nitrogen and oxygen atoms in total. The van der Waals surface area contributed by atoms with E-state index >= 15 is 0 Å². The minimum absolute atomic E-state index is 0.0198. The molecule has 32 heavy (non-hydrogen) atoms. The number of rotatable bonds is 8. The Morgan fingerprint density at radius 3 is 2.41 bits per heavy atom. The normalized spacial score (nSPS) is 10.7. The molecule has 0 aliphatic carbocycles. The molecule has 4 aromatic rings. The van der Waals surface area contributed by atoms with Gasteiger partial charge in [-0.15, -0.1) is 10.2 Å². The number of hydrogen-bond acceptors (Lipinski definition) is 6. The van der Waals surface area contributed by atoms with Gasteiger partial charge in [0.05, 0.1) is 18.4 Å². The zero-order chi connectivity index (χ0) is 22.5. The number of hydrogen-bond donors (Lipinski definition) is 1. The van der Waals surface area contributed by atoms with E-state index in [1.54, 1.807) is 31.4 Å². The predicted octanol–water partition coefficient (Wildman–Crippen LogP) is 4.00. The van der Waals surface area contributed by atoms with Gasteiger partial charge in [-0.05, 0) is 55.5 Å². The van der Waals surface area contributed by atoms with E-state index in [-0.39, 0.29) is 17.4 Å². The first-order chi connectivity index (χ1) is 15.6. The highest BCUT2D eigenvalue weighted by atomic mass is 32.2. The van der Waals surface area contributed by atoms with Crippen LogP contribution in [0.1, 0.15) is 17.3 Å². The second-order valence-electron chi connectivity index (χ2n) is 6.85. The van der Waals surface area contributed by atoms with Crippen LogP contribution in [0.4, 0.5) is 5.69 Å². The summed E-state index contributed by atoms with van der Waals surface area (Å²) in [6, 6.07) is 18.2. The molecule has 0 radical (unpaired) electrons. The van der Waals surface area contributed by atoms with Gasteiger partial charge < -0.3 is 10.1 Å². The summed E-state index contributed by atoms with van der Waals surface area (Å²) in [5.41, 5.74) is 2.02. The van der Waals surface area contributed by atoms with Crippen molar-refractivity contribution in [3.05, 3.63) is 78.6 Å². The van der Waals surface area contributed by atoms with E-state index in [0.717, 1.165) is 5.56 Å². The molecule has 0 saturated carbocycles. The van der Waals surface area contributed by atoms with E-state index in [0.29, 0.717) is 28.0 Å². The van der Waals surface area contributed by atoms with Crippen molar-refractivity contribution in [2.75, 3.05) is 18.2 Å². The fraction of sp³-hybridized carbons (Fsp3) is 0.130. The van der Waals surface area contributed by atoms with Crippen LogP contribution in [0.2, 0.25) is 0 Å². The Balaban J connectivity index is 1.54. The Morgan fingerprint density at radius 1 is 1.00 bits per heavy atom. The number of para-hydroxylation sites is 1. The molecule has 2 heterocycles. The fourth-order valence-electron chi connectivity index (χ4n) is 3.14. The molecule has 0 saturated heterocycles. The van der Waals surface area contributed by atoms with Crippen molar-refractivity contribution in [3.8, 4) is 17.1 Å². The molecule has 2 aromatic carbocycles. The third-order valence-electron chi connectivity index (χ3n) is 4.69. The first kappa shape index (κ1) is 21.4. The lowest BCUT2D eigenvalue weighted by molar-refractivity contribution is -0.113. The Hall–Kier alpha value is -3.85. The summed E-state index contributed by atoms with van der Waals surface area (Å²) in [5.74, 6) is 1.21. The van der Waals surface area contributed by atoms with E-state index in [9.17, 15) is 9.59 Å². The molecule has 9 heteroatoms. The molecule has 0 unspecified atom stereocenters. The highest BCUT2D eigenvalue weighted by Crippen LogP contribution is 2.31. The number of anilines is 1. The number of ketones is 1. The quantitative estimate of drug-likeness (QED) is 0.324. The first-order valence-electron chi connectivity index (χ1n) is 9.83. The average Bonchev–Trinajstić information content (AvgIpc) is 3.47. The van der Waals surface area contributed by atoms with Gasteiger partial charge >= 0.3 is 0 Å². The summed E-state index contributed by atoms with van der Waals surface area (Å²) >= 11 is 1.27. The molecule has 0 aliphatic heterocycles. The second kappa shape index (κ2) is 9.52. The highest BCUT2D eigenvalue weighted by molar-refractivity contribution is 7.99. The number of carbonyl (C=O) groups excluding carboxylic acids is 2. The van der Waals surface area contributed by atoms with Gasteiger partial charge in [0.1, 0.15) is 5.75 Å². The molecular formula is C23H21N5O3S. The smallest absolute Gasteiger partial charge is 0.234 e. The zero-order valence-corrected chi connectivity index (χ0v) is 18.4. The first-order valence-corrected chi connectivity index (χ1v) is 10.8. The van der Waals surface area contributed by atoms with E-state index in [4.69, 9.17) is 4.74 Å². The summed E-state index contributed by atoms with van der Waals surface area (Å²) in [5, 5.41) is 12.1. The van der Waals surface area contributed by atoms with Crippen LogP contribution in [0.3, 0.4) is 0 Å². The highest BCUT2D eigenvalue weighted by Gasteiger charge is 2.19. The zero-order valence-electron chi connectivity index (χ0n) is 17.6. The topological polar surface area (TPSA) is 91.0 Å². The number of aromatic nitrogens is 4. The maximum Gasteiger partial charge on any atom is 0.234 e. The molecule has 0 aliphatic rings. The van der Waals surface area contributed by atoms with Crippen LogP contribution in [-0.2, 0) is 4.79 Å². The maximum atomic E-state index is 12.5. The van der Waals surface area contributed by atoms with E-state index in [1.807, 2.05) is 58.1 Å². The van der Waals surface area contributed by atoms with Crippen molar-refractivity contribution >= 4 is 29.1 Å². The Morgan fingerprint density at radius 2 is 1.72 bits per heavy atom. The minimum Gasteiger partial charge on any atom is -0.496 e. The van der Waals surface area contributed by atoms with Crippen LogP contribution < -0.4 is 10.1 Å². The SMILES string of the molecule is COc1ccccc1-c1nnc(SCC(=O)Nc2ccc(C(C)=O)cc2)n1-n1cccc1. The number of nitrogens with one attached hydrogen (secondary N) is 1. The molecule has 0 atom stereocenters. The van der Waals surface area contributed by atoms with Gasteiger partial charge in [0.15, 0.2) is 11.6 Å². The molecule has 2 aromatic heterocycles. The molecule has 1 amide bonds. The van der Waals surface area contributed by atoms with Crippen LogP contribution in [0.15, 0.2) is 78.2 Å². The van der Waals surface area contributed by atoms with Crippen LogP contribution >= 0.6 is 11.8 Å². The summed E-state index contributed by atoms with van der Waals surface area (Å²) in [6.07, 6.45) is 3.76. The number of carbonyl (C=O) groups is 2. The summed E-state index contributed by atoms with van der Waals surface area (Å²) < 4.78 is 9.17. The Bertz CT molecular complexity index is 1230. The van der Waals surface area contributed by atoms with Crippen LogP contribution in [-0.4, -0.2) is 44.1 Å². The van der Waals surface area contributed by atoms with Gasteiger partial charge in [-0.2, -0.15) is 0 Å². The van der Waals surface area contributed by atoms with E-state index < -0.39 is 0 Å². The van der Waals surface area contributed by atoms with Crippen molar-refractivity contribution in [3.63, 3.8) is 0 Å². The number of nitrogens with zero attached hydrogens (tertiary/aromatic N) is 4. The maximum absolute atomic E-state index is 12.5. The van der Waals surface area contributed by atoms with E-state index in [2.05, 4.69) is 15.5 Å². The van der Waals surface area contributed by atoms with Crippen molar-refractivity contribution in [1.29, 1.82) is 0 Å². The fourth-order valence-corrected chi connectivity index (χ4v) is 3.87. The largest absolute Gasteiger partial charge is 0.496 e. The summed E-state index contributed by atoms with van der Waals surface area (Å²) in [7, 11) is 1.61. The molecule has 0 bridgehead atoms. The third kappa shape index (κ3) is 4.57. The molecule has 0 fully saturated rings. The lowest BCUT2D eigenvalue weighted by Gasteiger charge is -2.13. The van der Waals surface area contributed by atoms with Gasteiger partial charge in [-0.3, -0.25) is 14.3 Å². The van der Waals surface area contributed by atoms with Crippen LogP contribution in [0.25, 0.3) is 11.4 Å². The van der Waals surface area contributed by atoms with Crippen molar-refractivity contribution in [1.82, 2.24) is 19.5 Å². The minimum atomic E-state index is -0.188. The summed E-state index contributed by atoms with van der Waals surface area (Å²) in [6.45, 7) is 1.50. The number of benzene rings is 2. The third-order valence-corrected chi connectivity index (χ3v) is 5.61. The van der Waals surface area contributed by atoms with Gasteiger partial charge in [0.25, 0.3) is 0 Å². The molecule has 4 rings (SSSR count). The average molecular weight is 448 g/mol. The van der Waals surface area contributed by atoms with E-state index in [1.165, 1.54) is 18.7 Å². The Kier molecular flexibility index (Phi) is 6.37. The van der Waals surface area contributed by atoms with Crippen molar-refractivity contribution < 1.29 is 14.3 Å². The predicted molar refractivity (Wildman–Crippen MR) is 123 cm³/mol. The lowest BCUT2D eigenvalue weighted by Crippen LogP contribution is -2.16. The number of methoxy groups -OCH3 is 1. The van der Waals surface area contributed by atoms with Crippen LogP contribution in [0.5, 0.6) is 5.75 Å². The van der Waals surface area contributed by atoms with Crippen molar-refractivity contribution in [2.45, 2.75) is 12.1 Å². The molecule has 162 valence electrons. The van der Waals surface area contributed by atoms with Gasteiger partial charge in [0, 0.05) is 23.6 Å². The number of amides is 1. The Labute approximate surface area is 189 Å². The van der Waals surface area contributed by atoms with Gasteiger partial charge in [0.2, 0.25) is 11.1 Å². The lowest BCUT2D eigenvalue weighted by atomic mass is 10.1.